The second-order valence-electron chi connectivity index (χ2n) is 10.4. The molecule has 0 bridgehead atoms. The van der Waals surface area contributed by atoms with Crippen molar-refractivity contribution >= 4 is 37.1 Å². The van der Waals surface area contributed by atoms with Crippen LogP contribution in [0.3, 0.4) is 0 Å². The van der Waals surface area contributed by atoms with E-state index in [0.717, 1.165) is 34.3 Å². The molecule has 3 heterocycles. The summed E-state index contributed by atoms with van der Waals surface area (Å²) < 4.78 is 81.0. The number of nitrogens with zero attached hydrogens (tertiary/aromatic N) is 3. The Morgan fingerprint density at radius 2 is 1.79 bits per heavy atom. The molecule has 2 aromatic heterocycles. The minimum absolute atomic E-state index is 0.0138. The van der Waals surface area contributed by atoms with E-state index in [1.807, 2.05) is 27.7 Å². The van der Waals surface area contributed by atoms with E-state index in [1.165, 1.54) is 18.3 Å². The Morgan fingerprint density at radius 3 is 2.39 bits per heavy atom. The van der Waals surface area contributed by atoms with Crippen LogP contribution in [0.15, 0.2) is 64.3 Å². The number of nitrogens with one attached hydrogen (secondary N) is 2. The van der Waals surface area contributed by atoms with Crippen LogP contribution in [0.2, 0.25) is 0 Å². The molecule has 0 spiro atoms. The van der Waals surface area contributed by atoms with Crippen molar-refractivity contribution in [1.82, 2.24) is 19.6 Å². The van der Waals surface area contributed by atoms with E-state index >= 15 is 0 Å². The Labute approximate surface area is 220 Å². The summed E-state index contributed by atoms with van der Waals surface area (Å²) >= 11 is 0. The Hall–Kier alpha value is -3.32. The van der Waals surface area contributed by atoms with Crippen molar-refractivity contribution < 1.29 is 25.6 Å². The molecule has 0 saturated carbocycles. The lowest BCUT2D eigenvalue weighted by molar-refractivity contribution is 0.294. The number of hydrogen-bond acceptors (Lipinski definition) is 8. The minimum atomic E-state index is -4.11. The predicted molar refractivity (Wildman–Crippen MR) is 142 cm³/mol. The maximum absolute atomic E-state index is 14.8. The molecular weight excluding hydrogens is 536 g/mol. The number of rotatable bonds is 7. The molecule has 0 amide bonds. The smallest absolute Gasteiger partial charge is 0.269 e. The number of halogens is 2. The van der Waals surface area contributed by atoms with Crippen molar-refractivity contribution in [2.45, 2.75) is 44.8 Å². The van der Waals surface area contributed by atoms with Crippen LogP contribution in [-0.4, -0.2) is 50.1 Å². The predicted octanol–water partition coefficient (Wildman–Crippen LogP) is 3.58. The van der Waals surface area contributed by atoms with Gasteiger partial charge in [-0.05, 0) is 30.5 Å². The molecule has 1 aliphatic heterocycles. The van der Waals surface area contributed by atoms with Crippen molar-refractivity contribution in [2.24, 2.45) is 10.4 Å². The first-order chi connectivity index (χ1) is 17.6. The number of sulfone groups is 1. The summed E-state index contributed by atoms with van der Waals surface area (Å²) in [6.45, 7) is 7.29. The Kier molecular flexibility index (Phi) is 7.12. The van der Waals surface area contributed by atoms with Crippen molar-refractivity contribution in [3.8, 4) is 0 Å². The fraction of sp³-hybridized carbons (Fsp3) is 0.360. The zero-order valence-corrected chi connectivity index (χ0v) is 23.2. The Balaban J connectivity index is 1.76. The third kappa shape index (κ3) is 5.73. The second-order valence-corrected chi connectivity index (χ2v) is 14.4. The summed E-state index contributed by atoms with van der Waals surface area (Å²) in [7, 11) is -7.52. The topological polar surface area (TPSA) is 123 Å². The van der Waals surface area contributed by atoms with Crippen LogP contribution in [0.5, 0.6) is 0 Å². The van der Waals surface area contributed by atoms with Gasteiger partial charge in [0, 0.05) is 29.4 Å². The molecule has 2 N–H and O–H groups in total. The van der Waals surface area contributed by atoms with Crippen LogP contribution < -0.4 is 10.6 Å². The highest BCUT2D eigenvalue weighted by atomic mass is 32.2. The Bertz CT molecular complexity index is 1660. The van der Waals surface area contributed by atoms with Crippen LogP contribution in [-0.2, 0) is 19.9 Å². The van der Waals surface area contributed by atoms with Crippen molar-refractivity contribution in [3.63, 3.8) is 0 Å². The molecule has 0 aliphatic carbocycles. The van der Waals surface area contributed by atoms with Gasteiger partial charge in [0.05, 0.1) is 23.1 Å². The molecule has 3 aromatic rings. The molecule has 0 fully saturated rings. The van der Waals surface area contributed by atoms with Crippen molar-refractivity contribution in [3.05, 3.63) is 71.3 Å². The molecule has 38 heavy (non-hydrogen) atoms. The summed E-state index contributed by atoms with van der Waals surface area (Å²) in [5.41, 5.74) is 0.531. The van der Waals surface area contributed by atoms with E-state index < -0.39 is 49.1 Å². The molecule has 1 aliphatic rings. The maximum atomic E-state index is 14.8. The second kappa shape index (κ2) is 9.77. The van der Waals surface area contributed by atoms with E-state index in [1.54, 1.807) is 12.1 Å². The average molecular weight is 566 g/mol. The van der Waals surface area contributed by atoms with Gasteiger partial charge in [-0.15, -0.1) is 0 Å². The number of fused-ring (bicyclic) bond motifs is 1. The van der Waals surface area contributed by atoms with Crippen molar-refractivity contribution in [1.29, 1.82) is 0 Å². The van der Waals surface area contributed by atoms with Gasteiger partial charge in [0.25, 0.3) is 10.0 Å². The van der Waals surface area contributed by atoms with E-state index in [-0.39, 0.29) is 33.1 Å². The highest BCUT2D eigenvalue weighted by molar-refractivity contribution is 7.90. The van der Waals surface area contributed by atoms with Gasteiger partial charge in [-0.2, -0.15) is 0 Å². The third-order valence-electron chi connectivity index (χ3n) is 6.17. The van der Waals surface area contributed by atoms with E-state index in [4.69, 9.17) is 0 Å². The molecule has 1 aromatic carbocycles. The van der Waals surface area contributed by atoms with Crippen LogP contribution in [0.4, 0.5) is 8.78 Å². The highest BCUT2D eigenvalue weighted by Gasteiger charge is 2.32. The molecular formula is C25H29F2N5O4S2. The summed E-state index contributed by atoms with van der Waals surface area (Å²) in [4.78, 5) is 8.18. The lowest BCUT2D eigenvalue weighted by Crippen LogP contribution is -2.48. The number of hydrogen-bond donors (Lipinski definition) is 2. The summed E-state index contributed by atoms with van der Waals surface area (Å²) in [5.74, 6) is -1.81. The van der Waals surface area contributed by atoms with E-state index in [9.17, 15) is 25.6 Å². The number of aryl methyl sites for hydroxylation is 1. The molecule has 13 heteroatoms. The van der Waals surface area contributed by atoms with Crippen LogP contribution >= 0.6 is 0 Å². The largest absolute Gasteiger partial charge is 0.365 e. The average Bonchev–Trinajstić information content (AvgIpc) is 3.18. The fourth-order valence-electron chi connectivity index (χ4n) is 4.00. The van der Waals surface area contributed by atoms with Crippen molar-refractivity contribution in [2.75, 3.05) is 12.0 Å². The zero-order chi connectivity index (χ0) is 28.0. The number of pyridine rings is 1. The van der Waals surface area contributed by atoms with Gasteiger partial charge in [0.2, 0.25) is 0 Å². The first-order valence-electron chi connectivity index (χ1n) is 11.7. The summed E-state index contributed by atoms with van der Waals surface area (Å²) in [6, 6.07) is 6.72. The number of allylic oxidation sites excluding steroid dienone is 1. The lowest BCUT2D eigenvalue weighted by Gasteiger charge is -2.34. The molecule has 0 saturated heterocycles. The van der Waals surface area contributed by atoms with Crippen LogP contribution in [0.1, 0.15) is 38.1 Å². The summed E-state index contributed by atoms with van der Waals surface area (Å²) in [6.07, 6.45) is 3.22. The molecule has 1 unspecified atom stereocenters. The van der Waals surface area contributed by atoms with Gasteiger partial charge in [-0.3, -0.25) is 4.99 Å². The van der Waals surface area contributed by atoms with Gasteiger partial charge in [-0.25, -0.2) is 34.6 Å². The molecule has 4 rings (SSSR count). The highest BCUT2D eigenvalue weighted by Crippen LogP contribution is 2.32. The number of benzene rings is 1. The van der Waals surface area contributed by atoms with Gasteiger partial charge >= 0.3 is 0 Å². The van der Waals surface area contributed by atoms with Gasteiger partial charge < -0.3 is 10.6 Å². The first-order valence-corrected chi connectivity index (χ1v) is 15.2. The summed E-state index contributed by atoms with van der Waals surface area (Å²) in [5, 5.41) is 5.98. The standard InChI is InChI=1S/C25H29F2N5O4S2/c1-15-6-8-17(9-7-15)38(35,36)32-13-19(18-10-16(26)11-29-24(18)32)22-28-12-20(27)23(31-22)30-21(25(2,3)4)14-37(5,33)34/h6-13,21-22,30-31H,14H2,1-5H3/t21-,22?/m1/s1. The Morgan fingerprint density at radius 1 is 1.13 bits per heavy atom. The molecule has 9 nitrogen and oxygen atoms in total. The van der Waals surface area contributed by atoms with Crippen LogP contribution in [0, 0.1) is 18.2 Å². The number of aromatic nitrogens is 2. The number of aliphatic imine (C=N–C) groups is 1. The minimum Gasteiger partial charge on any atom is -0.365 e. The van der Waals surface area contributed by atoms with Gasteiger partial charge in [-0.1, -0.05) is 38.5 Å². The van der Waals surface area contributed by atoms with E-state index in [0.29, 0.717) is 0 Å². The molecule has 0 radical (unpaired) electrons. The SMILES string of the molecule is Cc1ccc(S(=O)(=O)n2cc(C3N=CC(F)=C(N[C@H](CS(C)(=O)=O)C(C)(C)C)N3)c3cc(F)cnc32)cc1. The molecule has 2 atom stereocenters. The monoisotopic (exact) mass is 565 g/mol. The normalized spacial score (nSPS) is 17.5. The first kappa shape index (κ1) is 27.7. The van der Waals surface area contributed by atoms with Crippen LogP contribution in [0.25, 0.3) is 11.0 Å². The lowest BCUT2D eigenvalue weighted by atomic mass is 9.88. The van der Waals surface area contributed by atoms with Gasteiger partial charge in [0.15, 0.2) is 11.5 Å². The zero-order valence-electron chi connectivity index (χ0n) is 21.5. The van der Waals surface area contributed by atoms with Gasteiger partial charge in [0.1, 0.15) is 27.6 Å². The maximum Gasteiger partial charge on any atom is 0.269 e. The van der Waals surface area contributed by atoms with E-state index in [2.05, 4.69) is 20.6 Å². The quantitative estimate of drug-likeness (QED) is 0.449. The third-order valence-corrected chi connectivity index (χ3v) is 8.77. The fourth-order valence-corrected chi connectivity index (χ4v) is 6.52. The molecule has 204 valence electrons.